The van der Waals surface area contributed by atoms with E-state index in [9.17, 15) is 14.0 Å². The third kappa shape index (κ3) is 4.30. The van der Waals surface area contributed by atoms with Gasteiger partial charge in [-0.1, -0.05) is 35.3 Å². The molecule has 0 N–H and O–H groups in total. The first kappa shape index (κ1) is 17.4. The van der Waals surface area contributed by atoms with E-state index in [1.54, 1.807) is 19.1 Å². The van der Waals surface area contributed by atoms with E-state index < -0.39 is 5.56 Å². The maximum atomic E-state index is 13.2. The molecular formula is C15H14Cl2FN3O2. The van der Waals surface area contributed by atoms with Crippen molar-refractivity contribution in [2.75, 3.05) is 6.54 Å². The third-order valence-corrected chi connectivity index (χ3v) is 3.97. The average molecular weight is 358 g/mol. The Morgan fingerprint density at radius 1 is 1.39 bits per heavy atom. The fourth-order valence-corrected chi connectivity index (χ4v) is 2.29. The number of aromatic nitrogens is 2. The molecule has 0 saturated carbocycles. The van der Waals surface area contributed by atoms with Crippen molar-refractivity contribution in [1.82, 2.24) is 14.7 Å². The maximum Gasteiger partial charge on any atom is 0.287 e. The van der Waals surface area contributed by atoms with Gasteiger partial charge in [0.25, 0.3) is 5.56 Å². The summed E-state index contributed by atoms with van der Waals surface area (Å²) in [6.45, 7) is 2.18. The van der Waals surface area contributed by atoms with Gasteiger partial charge in [0, 0.05) is 13.1 Å². The molecule has 0 aliphatic heterocycles. The van der Waals surface area contributed by atoms with Gasteiger partial charge in [0.15, 0.2) is 0 Å². The minimum Gasteiger partial charge on any atom is -0.337 e. The van der Waals surface area contributed by atoms with Crippen LogP contribution in [0.1, 0.15) is 12.5 Å². The number of hydrogen-bond acceptors (Lipinski definition) is 3. The summed E-state index contributed by atoms with van der Waals surface area (Å²) in [5.41, 5.74) is 0.0315. The molecule has 0 aliphatic rings. The minimum absolute atomic E-state index is 0.0347. The monoisotopic (exact) mass is 357 g/mol. The summed E-state index contributed by atoms with van der Waals surface area (Å²) in [7, 11) is 0. The van der Waals surface area contributed by atoms with Gasteiger partial charge < -0.3 is 4.90 Å². The van der Waals surface area contributed by atoms with E-state index >= 15 is 0 Å². The number of rotatable bonds is 5. The number of hydrogen-bond donors (Lipinski definition) is 0. The lowest BCUT2D eigenvalue weighted by atomic mass is 10.2. The predicted molar refractivity (Wildman–Crippen MR) is 86.0 cm³/mol. The van der Waals surface area contributed by atoms with Crippen molar-refractivity contribution >= 4 is 29.1 Å². The number of benzene rings is 1. The summed E-state index contributed by atoms with van der Waals surface area (Å²) in [5, 5.41) is 3.65. The summed E-state index contributed by atoms with van der Waals surface area (Å²) in [5.74, 6) is -0.696. The predicted octanol–water partition coefficient (Wildman–Crippen LogP) is 2.74. The molecular weight excluding hydrogens is 344 g/mol. The number of amides is 1. The first-order valence-corrected chi connectivity index (χ1v) is 7.61. The van der Waals surface area contributed by atoms with E-state index in [4.69, 9.17) is 23.2 Å². The van der Waals surface area contributed by atoms with E-state index in [0.717, 1.165) is 4.68 Å². The number of carbonyl (C=O) groups excluding carboxylic acids is 1. The van der Waals surface area contributed by atoms with Crippen LogP contribution >= 0.6 is 23.2 Å². The number of carbonyl (C=O) groups is 1. The zero-order chi connectivity index (χ0) is 17.0. The number of halogens is 3. The van der Waals surface area contributed by atoms with Crippen LogP contribution in [0.3, 0.4) is 0 Å². The first-order chi connectivity index (χ1) is 10.9. The average Bonchev–Trinajstić information content (AvgIpc) is 2.53. The van der Waals surface area contributed by atoms with Crippen LogP contribution in [0, 0.1) is 5.82 Å². The van der Waals surface area contributed by atoms with Gasteiger partial charge >= 0.3 is 0 Å². The molecule has 5 nitrogen and oxygen atoms in total. The van der Waals surface area contributed by atoms with Crippen molar-refractivity contribution in [1.29, 1.82) is 0 Å². The van der Waals surface area contributed by atoms with Gasteiger partial charge in [0.1, 0.15) is 17.4 Å². The van der Waals surface area contributed by atoms with E-state index in [0.29, 0.717) is 12.1 Å². The van der Waals surface area contributed by atoms with Gasteiger partial charge in [-0.25, -0.2) is 9.07 Å². The Bertz CT molecular complexity index is 780. The number of likely N-dealkylation sites (N-methyl/N-ethyl adjacent to an activating group) is 1. The Kier molecular flexibility index (Phi) is 5.74. The zero-order valence-electron chi connectivity index (χ0n) is 12.3. The van der Waals surface area contributed by atoms with Crippen LogP contribution in [0.25, 0.3) is 0 Å². The highest BCUT2D eigenvalue weighted by molar-refractivity contribution is 6.41. The number of nitrogens with zero attached hydrogens (tertiary/aromatic N) is 3. The van der Waals surface area contributed by atoms with Crippen LogP contribution in [0.4, 0.5) is 4.39 Å². The topological polar surface area (TPSA) is 55.2 Å². The van der Waals surface area contributed by atoms with Crippen LogP contribution in [-0.2, 0) is 17.9 Å². The fourth-order valence-electron chi connectivity index (χ4n) is 2.02. The van der Waals surface area contributed by atoms with Crippen molar-refractivity contribution in [2.24, 2.45) is 0 Å². The minimum atomic E-state index is -0.630. The van der Waals surface area contributed by atoms with Crippen LogP contribution in [0.2, 0.25) is 10.0 Å². The van der Waals surface area contributed by atoms with Crippen LogP contribution in [-0.4, -0.2) is 27.1 Å². The van der Waals surface area contributed by atoms with Gasteiger partial charge in [-0.3, -0.25) is 9.59 Å². The molecule has 0 bridgehead atoms. The highest BCUT2D eigenvalue weighted by atomic mass is 35.5. The molecule has 122 valence electrons. The highest BCUT2D eigenvalue weighted by Crippen LogP contribution is 2.14. The second-order valence-electron chi connectivity index (χ2n) is 4.81. The normalized spacial score (nSPS) is 10.6. The Hall–Kier alpha value is -1.92. The molecule has 0 aliphatic carbocycles. The van der Waals surface area contributed by atoms with E-state index in [1.165, 1.54) is 23.2 Å². The zero-order valence-corrected chi connectivity index (χ0v) is 13.8. The third-order valence-electron chi connectivity index (χ3n) is 3.22. The lowest BCUT2D eigenvalue weighted by Gasteiger charge is -2.21. The van der Waals surface area contributed by atoms with Gasteiger partial charge in [-0.05, 0) is 24.6 Å². The SMILES string of the molecule is CCN(Cc1cccc(F)c1)C(=O)Cn1ncc(Cl)c(Cl)c1=O. The van der Waals surface area contributed by atoms with Crippen LogP contribution in [0.5, 0.6) is 0 Å². The lowest BCUT2D eigenvalue weighted by Crippen LogP contribution is -2.37. The molecule has 1 aromatic carbocycles. The molecule has 0 spiro atoms. The van der Waals surface area contributed by atoms with Crippen molar-refractivity contribution in [3.8, 4) is 0 Å². The summed E-state index contributed by atoms with van der Waals surface area (Å²) < 4.78 is 14.2. The summed E-state index contributed by atoms with van der Waals surface area (Å²) in [4.78, 5) is 25.7. The van der Waals surface area contributed by atoms with Crippen molar-refractivity contribution in [3.63, 3.8) is 0 Å². The Morgan fingerprint density at radius 2 is 2.13 bits per heavy atom. The molecule has 2 rings (SSSR count). The van der Waals surface area contributed by atoms with E-state index in [1.807, 2.05) is 0 Å². The standard InChI is InChI=1S/C15H14Cl2FN3O2/c1-2-20(8-10-4-3-5-11(18)6-10)13(22)9-21-15(23)14(17)12(16)7-19-21/h3-7H,2,8-9H2,1H3. The Morgan fingerprint density at radius 3 is 2.78 bits per heavy atom. The summed E-state index contributed by atoms with van der Waals surface area (Å²) in [6.07, 6.45) is 1.21. The van der Waals surface area contributed by atoms with Crippen LogP contribution < -0.4 is 5.56 Å². The molecule has 0 unspecified atom stereocenters. The molecule has 0 radical (unpaired) electrons. The molecule has 0 atom stereocenters. The maximum absolute atomic E-state index is 13.2. The van der Waals surface area contributed by atoms with Crippen LogP contribution in [0.15, 0.2) is 35.3 Å². The Labute approximate surface area is 142 Å². The quantitative estimate of drug-likeness (QED) is 0.826. The van der Waals surface area contributed by atoms with Gasteiger partial charge in [-0.15, -0.1) is 0 Å². The fraction of sp³-hybridized carbons (Fsp3) is 0.267. The summed E-state index contributed by atoms with van der Waals surface area (Å²) in [6, 6.07) is 6.00. The molecule has 2 aromatic rings. The van der Waals surface area contributed by atoms with E-state index in [2.05, 4.69) is 5.10 Å². The van der Waals surface area contributed by atoms with Crippen molar-refractivity contribution in [3.05, 3.63) is 62.2 Å². The molecule has 1 amide bonds. The smallest absolute Gasteiger partial charge is 0.287 e. The molecule has 0 saturated heterocycles. The van der Waals surface area contributed by atoms with E-state index in [-0.39, 0.29) is 34.9 Å². The molecule has 23 heavy (non-hydrogen) atoms. The second kappa shape index (κ2) is 7.57. The van der Waals surface area contributed by atoms with Crippen molar-refractivity contribution in [2.45, 2.75) is 20.0 Å². The van der Waals surface area contributed by atoms with Gasteiger partial charge in [0.2, 0.25) is 5.91 Å². The van der Waals surface area contributed by atoms with Gasteiger partial charge in [-0.2, -0.15) is 5.10 Å². The molecule has 1 aromatic heterocycles. The highest BCUT2D eigenvalue weighted by Gasteiger charge is 2.16. The molecule has 8 heteroatoms. The van der Waals surface area contributed by atoms with Crippen molar-refractivity contribution < 1.29 is 9.18 Å². The second-order valence-corrected chi connectivity index (χ2v) is 5.59. The Balaban J connectivity index is 2.15. The largest absolute Gasteiger partial charge is 0.337 e. The summed E-state index contributed by atoms with van der Waals surface area (Å²) >= 11 is 11.5. The van der Waals surface area contributed by atoms with Gasteiger partial charge in [0.05, 0.1) is 11.2 Å². The first-order valence-electron chi connectivity index (χ1n) is 6.85. The lowest BCUT2D eigenvalue weighted by molar-refractivity contribution is -0.132. The molecule has 0 fully saturated rings. The molecule has 1 heterocycles.